The van der Waals surface area contributed by atoms with E-state index in [1.807, 2.05) is 20.8 Å². The molecule has 1 radical (unpaired) electrons. The molecule has 0 saturated heterocycles. The molecule has 0 saturated carbocycles. The zero-order valence-electron chi connectivity index (χ0n) is 16.0. The van der Waals surface area contributed by atoms with Crippen LogP contribution in [0.5, 0.6) is 0 Å². The smallest absolute Gasteiger partial charge is 0.362 e. The minimum absolute atomic E-state index is 0.110. The molecule has 0 fully saturated rings. The molecule has 0 aliphatic rings. The lowest BCUT2D eigenvalue weighted by molar-refractivity contribution is -0.154. The predicted molar refractivity (Wildman–Crippen MR) is 99.1 cm³/mol. The van der Waals surface area contributed by atoms with Crippen LogP contribution in [0.2, 0.25) is 45.3 Å². The van der Waals surface area contributed by atoms with E-state index in [0.29, 0.717) is 6.61 Å². The predicted octanol–water partition coefficient (Wildman–Crippen LogP) is 4.55. The van der Waals surface area contributed by atoms with Gasteiger partial charge in [0.25, 0.3) is 0 Å². The third-order valence-electron chi connectivity index (χ3n) is 3.03. The largest absolute Gasteiger partial charge is 0.465 e. The molecule has 0 atom stereocenters. The molecule has 22 heavy (non-hydrogen) atoms. The number of carbonyl (C=O) groups excluding carboxylic acids is 1. The highest BCUT2D eigenvalue weighted by atomic mass is 28.4. The lowest BCUT2D eigenvalue weighted by atomic mass is 9.91. The van der Waals surface area contributed by atoms with Crippen LogP contribution in [0.25, 0.3) is 0 Å². The van der Waals surface area contributed by atoms with Gasteiger partial charge in [-0.2, -0.15) is 0 Å². The van der Waals surface area contributed by atoms with Gasteiger partial charge in [0.1, 0.15) is 0 Å². The van der Waals surface area contributed by atoms with Crippen molar-refractivity contribution in [3.8, 4) is 0 Å². The molecule has 0 amide bonds. The van der Waals surface area contributed by atoms with Crippen LogP contribution in [0.15, 0.2) is 0 Å². The van der Waals surface area contributed by atoms with E-state index in [0.717, 1.165) is 18.9 Å². The van der Waals surface area contributed by atoms with E-state index in [4.69, 9.17) is 13.0 Å². The quantitative estimate of drug-likeness (QED) is 0.324. The van der Waals surface area contributed by atoms with E-state index in [2.05, 4.69) is 39.3 Å². The second-order valence-electron chi connectivity index (χ2n) is 8.28. The maximum atomic E-state index is 11.9. The molecular weight excluding hydrogens is 328 g/mol. The molecule has 0 rings (SSSR count). The Labute approximate surface area is 141 Å². The number of esters is 1. The van der Waals surface area contributed by atoms with Crippen LogP contribution in [0.1, 0.15) is 33.6 Å². The van der Waals surface area contributed by atoms with Gasteiger partial charge in [0.05, 0.1) is 12.0 Å². The SMILES string of the molecule is CCC(C)(C)C(=O)OCCC[Si](O[Si](C)(C)C)O[Si](C)(C)C. The molecule has 0 aliphatic carbocycles. The molecular formula is C15H35O4Si3. The normalized spacial score (nSPS) is 13.5. The number of rotatable bonds is 10. The first kappa shape index (κ1) is 22.0. The average molecular weight is 364 g/mol. The van der Waals surface area contributed by atoms with Crippen molar-refractivity contribution in [1.29, 1.82) is 0 Å². The molecule has 0 aromatic rings. The first-order valence-corrected chi connectivity index (χ1v) is 16.5. The Morgan fingerprint density at radius 2 is 1.45 bits per heavy atom. The molecule has 131 valence electrons. The number of carbonyl (C=O) groups is 1. The third kappa shape index (κ3) is 10.7. The van der Waals surface area contributed by atoms with Gasteiger partial charge < -0.3 is 13.0 Å². The fourth-order valence-corrected chi connectivity index (χ4v) is 8.78. The van der Waals surface area contributed by atoms with Gasteiger partial charge >= 0.3 is 15.3 Å². The lowest BCUT2D eigenvalue weighted by Crippen LogP contribution is -2.43. The number of ether oxygens (including phenoxy) is 1. The van der Waals surface area contributed by atoms with Gasteiger partial charge in [-0.25, -0.2) is 0 Å². The Balaban J connectivity index is 4.32. The summed E-state index contributed by atoms with van der Waals surface area (Å²) in [6, 6.07) is 0.874. The van der Waals surface area contributed by atoms with Crippen LogP contribution in [0.4, 0.5) is 0 Å². The second-order valence-corrected chi connectivity index (χ2v) is 19.6. The van der Waals surface area contributed by atoms with E-state index in [9.17, 15) is 4.79 Å². The van der Waals surface area contributed by atoms with Crippen LogP contribution in [-0.2, 0) is 17.8 Å². The monoisotopic (exact) mass is 363 g/mol. The first-order valence-electron chi connectivity index (χ1n) is 8.18. The Kier molecular flexibility index (Phi) is 8.79. The highest BCUT2D eigenvalue weighted by molar-refractivity contribution is 6.81. The van der Waals surface area contributed by atoms with Crippen molar-refractivity contribution in [3.63, 3.8) is 0 Å². The maximum absolute atomic E-state index is 11.9. The maximum Gasteiger partial charge on any atom is 0.362 e. The first-order chi connectivity index (χ1) is 9.77. The summed E-state index contributed by atoms with van der Waals surface area (Å²) in [5.41, 5.74) is -0.391. The number of hydrogen-bond acceptors (Lipinski definition) is 4. The molecule has 0 unspecified atom stereocenters. The van der Waals surface area contributed by atoms with Crippen molar-refractivity contribution < 1.29 is 17.8 Å². The number of hydrogen-bond donors (Lipinski definition) is 0. The molecule has 0 aliphatic heterocycles. The highest BCUT2D eigenvalue weighted by Gasteiger charge is 2.30. The summed E-state index contributed by atoms with van der Waals surface area (Å²) in [4.78, 5) is 11.9. The van der Waals surface area contributed by atoms with Crippen molar-refractivity contribution in [2.75, 3.05) is 6.61 Å². The van der Waals surface area contributed by atoms with Crippen molar-refractivity contribution in [1.82, 2.24) is 0 Å². The van der Waals surface area contributed by atoms with Crippen molar-refractivity contribution in [2.45, 2.75) is 78.9 Å². The van der Waals surface area contributed by atoms with Crippen LogP contribution in [0, 0.1) is 5.41 Å². The third-order valence-corrected chi connectivity index (χ3v) is 10.5. The highest BCUT2D eigenvalue weighted by Crippen LogP contribution is 2.22. The van der Waals surface area contributed by atoms with Gasteiger partial charge in [0, 0.05) is 0 Å². The van der Waals surface area contributed by atoms with Crippen molar-refractivity contribution in [3.05, 3.63) is 0 Å². The molecule has 0 aromatic heterocycles. The summed E-state index contributed by atoms with van der Waals surface area (Å²) in [5, 5.41) is 0. The molecule has 0 aromatic carbocycles. The van der Waals surface area contributed by atoms with Crippen LogP contribution < -0.4 is 0 Å². The summed E-state index contributed by atoms with van der Waals surface area (Å²) < 4.78 is 17.8. The molecule has 4 nitrogen and oxygen atoms in total. The summed E-state index contributed by atoms with van der Waals surface area (Å²) in [6.07, 6.45) is 1.60. The molecule has 0 bridgehead atoms. The Morgan fingerprint density at radius 1 is 1.00 bits per heavy atom. The van der Waals surface area contributed by atoms with Crippen LogP contribution >= 0.6 is 0 Å². The topological polar surface area (TPSA) is 44.8 Å². The zero-order valence-corrected chi connectivity index (χ0v) is 19.0. The fourth-order valence-electron chi connectivity index (χ4n) is 1.53. The molecule has 0 N–H and O–H groups in total. The van der Waals surface area contributed by atoms with E-state index < -0.39 is 31.3 Å². The van der Waals surface area contributed by atoms with E-state index in [-0.39, 0.29) is 5.97 Å². The Hall–Kier alpha value is 0.0406. The van der Waals surface area contributed by atoms with Gasteiger partial charge in [0.2, 0.25) is 0 Å². The Bertz CT molecular complexity index is 330. The summed E-state index contributed by atoms with van der Waals surface area (Å²) in [7, 11) is -4.47. The molecule has 0 heterocycles. The zero-order chi connectivity index (χ0) is 17.6. The second kappa shape index (κ2) is 8.77. The summed E-state index contributed by atoms with van der Waals surface area (Å²) in [6.45, 7) is 19.4. The van der Waals surface area contributed by atoms with Gasteiger partial charge in [-0.1, -0.05) is 6.92 Å². The van der Waals surface area contributed by atoms with E-state index in [1.165, 1.54) is 0 Å². The lowest BCUT2D eigenvalue weighted by Gasteiger charge is -2.29. The molecule has 0 spiro atoms. The average Bonchev–Trinajstić information content (AvgIpc) is 2.30. The van der Waals surface area contributed by atoms with Crippen molar-refractivity contribution >= 4 is 31.9 Å². The fraction of sp³-hybridized carbons (Fsp3) is 0.933. The summed E-state index contributed by atoms with van der Waals surface area (Å²) in [5.74, 6) is -0.110. The standard InChI is InChI=1S/C15H35O4Si3/c1-10-15(2,3)14(16)17-12-11-13-20(18-21(4,5)6)19-22(7,8)9/h10-13H2,1-9H3. The van der Waals surface area contributed by atoms with Gasteiger partial charge in [-0.3, -0.25) is 4.79 Å². The van der Waals surface area contributed by atoms with Gasteiger partial charge in [0.15, 0.2) is 16.6 Å². The minimum Gasteiger partial charge on any atom is -0.465 e. The van der Waals surface area contributed by atoms with E-state index >= 15 is 0 Å². The van der Waals surface area contributed by atoms with Crippen LogP contribution in [-0.4, -0.2) is 38.5 Å². The van der Waals surface area contributed by atoms with Crippen LogP contribution in [0.3, 0.4) is 0 Å². The van der Waals surface area contributed by atoms with Gasteiger partial charge in [-0.15, -0.1) is 0 Å². The minimum atomic E-state index is -1.60. The van der Waals surface area contributed by atoms with Gasteiger partial charge in [-0.05, 0) is 72.0 Å². The van der Waals surface area contributed by atoms with E-state index in [1.54, 1.807) is 0 Å². The molecule has 7 heteroatoms. The summed E-state index contributed by atoms with van der Waals surface area (Å²) >= 11 is 0. The van der Waals surface area contributed by atoms with Crippen molar-refractivity contribution in [2.24, 2.45) is 5.41 Å². The Morgan fingerprint density at radius 3 is 1.82 bits per heavy atom.